The van der Waals surface area contributed by atoms with Gasteiger partial charge in [0.2, 0.25) is 5.91 Å². The molecule has 60 heavy (non-hydrogen) atoms. The molecule has 1 aliphatic rings. The van der Waals surface area contributed by atoms with Gasteiger partial charge in [0.05, 0.1) is 17.6 Å². The van der Waals surface area contributed by atoms with Crippen LogP contribution in [0.15, 0.2) is 142 Å². The highest BCUT2D eigenvalue weighted by molar-refractivity contribution is 9.10. The third kappa shape index (κ3) is 7.98. The summed E-state index contributed by atoms with van der Waals surface area (Å²) in [4.78, 5) is 28.2. The second-order valence-corrected chi connectivity index (χ2v) is 16.2. The first kappa shape index (κ1) is 40.7. The van der Waals surface area contributed by atoms with Gasteiger partial charge in [-0.05, 0) is 99.8 Å². The Kier molecular flexibility index (Phi) is 12.2. The first-order valence-corrected chi connectivity index (χ1v) is 21.6. The van der Waals surface area contributed by atoms with Crippen molar-refractivity contribution in [1.29, 1.82) is 0 Å². The molecule has 0 atom stereocenters. The molecule has 306 valence electrons. The Bertz CT molecular complexity index is 2450. The van der Waals surface area contributed by atoms with Crippen LogP contribution < -0.4 is 0 Å². The number of furan rings is 1. The molecule has 1 fully saturated rings. The van der Waals surface area contributed by atoms with Crippen LogP contribution in [0, 0.1) is 0 Å². The second-order valence-electron chi connectivity index (χ2n) is 15.4. The molecule has 0 unspecified atom stereocenters. The molecule has 0 spiro atoms. The average molecular weight is 867 g/mol. The summed E-state index contributed by atoms with van der Waals surface area (Å²) >= 11 is 3.93. The van der Waals surface area contributed by atoms with E-state index in [2.05, 4.69) is 70.5 Å². The Morgan fingerprint density at radius 3 is 2.02 bits per heavy atom. The van der Waals surface area contributed by atoms with E-state index in [-0.39, 0.29) is 12.5 Å². The molecular weight excluding hydrogens is 818 g/mol. The molecule has 2 heterocycles. The van der Waals surface area contributed by atoms with Crippen LogP contribution in [0.1, 0.15) is 81.0 Å². The van der Waals surface area contributed by atoms with Gasteiger partial charge in [0, 0.05) is 29.5 Å². The Morgan fingerprint density at radius 1 is 0.817 bits per heavy atom. The van der Waals surface area contributed by atoms with Crippen LogP contribution in [-0.4, -0.2) is 55.9 Å². The predicted octanol–water partition coefficient (Wildman–Crippen LogP) is 11.4. The third-order valence-electron chi connectivity index (χ3n) is 11.5. The molecule has 0 N–H and O–H groups in total. The average Bonchev–Trinajstić information content (AvgIpc) is 4.04. The van der Waals surface area contributed by atoms with Crippen LogP contribution in [0.3, 0.4) is 0 Å². The zero-order valence-corrected chi connectivity index (χ0v) is 35.5. The van der Waals surface area contributed by atoms with Gasteiger partial charge in [0.15, 0.2) is 5.82 Å². The number of hydrogen-bond acceptors (Lipinski definition) is 8. The molecular formula is C49H48BrN5O5. The molecule has 5 aromatic carbocycles. The van der Waals surface area contributed by atoms with Crippen LogP contribution >= 0.6 is 15.9 Å². The number of benzene rings is 5. The number of amides is 1. The van der Waals surface area contributed by atoms with E-state index < -0.39 is 17.3 Å². The zero-order valence-electron chi connectivity index (χ0n) is 33.9. The van der Waals surface area contributed by atoms with Gasteiger partial charge in [0.1, 0.15) is 22.5 Å². The SMILES string of the molecule is CCCCC(=O)N(Cc1ccc2oc(-c3ccccc3-c3nnnn3C(c3ccccc3)(c3ccccc3)c3ccccc3)c(Br)c2c1)CC1(OC(=O)OCC)CCCC1. The topological polar surface area (TPSA) is 113 Å². The van der Waals surface area contributed by atoms with Crippen molar-refractivity contribution in [2.75, 3.05) is 13.2 Å². The number of nitrogens with zero attached hydrogens (tertiary/aromatic N) is 5. The molecule has 11 heteroatoms. The van der Waals surface area contributed by atoms with Crippen molar-refractivity contribution in [3.05, 3.63) is 160 Å². The molecule has 2 aromatic heterocycles. The Labute approximate surface area is 358 Å². The van der Waals surface area contributed by atoms with Gasteiger partial charge in [-0.2, -0.15) is 0 Å². The highest BCUT2D eigenvalue weighted by Crippen LogP contribution is 2.46. The molecule has 7 aromatic rings. The van der Waals surface area contributed by atoms with E-state index in [4.69, 9.17) is 24.2 Å². The quantitative estimate of drug-likeness (QED) is 0.0740. The maximum atomic E-state index is 13.8. The molecule has 1 aliphatic carbocycles. The normalized spacial score (nSPS) is 13.7. The Balaban J connectivity index is 1.20. The molecule has 0 radical (unpaired) electrons. The number of halogens is 1. The van der Waals surface area contributed by atoms with Crippen LogP contribution in [-0.2, 0) is 26.4 Å². The lowest BCUT2D eigenvalue weighted by Gasteiger charge is -2.36. The molecule has 1 amide bonds. The summed E-state index contributed by atoms with van der Waals surface area (Å²) in [6.07, 6.45) is 4.64. The van der Waals surface area contributed by atoms with Crippen molar-refractivity contribution in [2.24, 2.45) is 0 Å². The van der Waals surface area contributed by atoms with Gasteiger partial charge < -0.3 is 18.8 Å². The fourth-order valence-corrected chi connectivity index (χ4v) is 9.28. The molecule has 0 aliphatic heterocycles. The van der Waals surface area contributed by atoms with Crippen molar-refractivity contribution >= 4 is 39.0 Å². The van der Waals surface area contributed by atoms with E-state index in [9.17, 15) is 9.59 Å². The minimum absolute atomic E-state index is 0.0341. The van der Waals surface area contributed by atoms with Gasteiger partial charge in [0.25, 0.3) is 0 Å². The number of tetrazole rings is 1. The summed E-state index contributed by atoms with van der Waals surface area (Å²) in [5.74, 6) is 1.22. The van der Waals surface area contributed by atoms with E-state index >= 15 is 0 Å². The van der Waals surface area contributed by atoms with E-state index in [0.717, 1.165) is 68.9 Å². The summed E-state index contributed by atoms with van der Waals surface area (Å²) in [6, 6.07) is 45.0. The van der Waals surface area contributed by atoms with Gasteiger partial charge in [-0.1, -0.05) is 135 Å². The zero-order chi connectivity index (χ0) is 41.5. The lowest BCUT2D eigenvalue weighted by Crippen LogP contribution is -2.46. The minimum Gasteiger partial charge on any atom is -0.455 e. The molecule has 10 nitrogen and oxygen atoms in total. The van der Waals surface area contributed by atoms with Gasteiger partial charge in [-0.25, -0.2) is 9.48 Å². The van der Waals surface area contributed by atoms with E-state index in [1.54, 1.807) is 6.92 Å². The summed E-state index contributed by atoms with van der Waals surface area (Å²) in [5.41, 5.74) is 4.49. The summed E-state index contributed by atoms with van der Waals surface area (Å²) in [7, 11) is 0. The maximum absolute atomic E-state index is 13.8. The highest BCUT2D eigenvalue weighted by atomic mass is 79.9. The predicted molar refractivity (Wildman–Crippen MR) is 235 cm³/mol. The fourth-order valence-electron chi connectivity index (χ4n) is 8.67. The van der Waals surface area contributed by atoms with Crippen molar-refractivity contribution in [3.63, 3.8) is 0 Å². The van der Waals surface area contributed by atoms with Gasteiger partial charge >= 0.3 is 6.16 Å². The number of carbonyl (C=O) groups is 2. The maximum Gasteiger partial charge on any atom is 0.508 e. The van der Waals surface area contributed by atoms with Crippen molar-refractivity contribution in [3.8, 4) is 22.7 Å². The monoisotopic (exact) mass is 865 g/mol. The van der Waals surface area contributed by atoms with E-state index in [1.165, 1.54) is 0 Å². The molecule has 0 bridgehead atoms. The first-order valence-electron chi connectivity index (χ1n) is 20.8. The van der Waals surface area contributed by atoms with E-state index in [1.807, 2.05) is 101 Å². The second kappa shape index (κ2) is 18.0. The third-order valence-corrected chi connectivity index (χ3v) is 12.3. The minimum atomic E-state index is -0.936. The van der Waals surface area contributed by atoms with Crippen LogP contribution in [0.2, 0.25) is 0 Å². The number of aromatic nitrogens is 4. The van der Waals surface area contributed by atoms with Crippen molar-refractivity contribution in [1.82, 2.24) is 25.1 Å². The van der Waals surface area contributed by atoms with Gasteiger partial charge in [-0.3, -0.25) is 4.79 Å². The fraction of sp³-hybridized carbons (Fsp3) is 0.286. The van der Waals surface area contributed by atoms with Crippen LogP contribution in [0.25, 0.3) is 33.7 Å². The van der Waals surface area contributed by atoms with E-state index in [0.29, 0.717) is 49.5 Å². The number of hydrogen-bond donors (Lipinski definition) is 0. The summed E-state index contributed by atoms with van der Waals surface area (Å²) in [5, 5.41) is 14.7. The first-order chi connectivity index (χ1) is 29.4. The summed E-state index contributed by atoms with van der Waals surface area (Å²) < 4.78 is 20.5. The molecule has 1 saturated carbocycles. The smallest absolute Gasteiger partial charge is 0.455 e. The van der Waals surface area contributed by atoms with Crippen molar-refractivity contribution < 1.29 is 23.5 Å². The Morgan fingerprint density at radius 2 is 1.42 bits per heavy atom. The molecule has 8 rings (SSSR count). The van der Waals surface area contributed by atoms with Crippen LogP contribution in [0.5, 0.6) is 0 Å². The van der Waals surface area contributed by atoms with Crippen LogP contribution in [0.4, 0.5) is 4.79 Å². The lowest BCUT2D eigenvalue weighted by atomic mass is 9.77. The lowest BCUT2D eigenvalue weighted by molar-refractivity contribution is -0.136. The number of unbranched alkanes of at least 4 members (excludes halogenated alkanes) is 1. The number of carbonyl (C=O) groups excluding carboxylic acids is 2. The molecule has 0 saturated heterocycles. The van der Waals surface area contributed by atoms with Gasteiger partial charge in [-0.15, -0.1) is 5.10 Å². The van der Waals surface area contributed by atoms with Crippen molar-refractivity contribution in [2.45, 2.75) is 76.5 Å². The number of ether oxygens (including phenoxy) is 2. The number of rotatable bonds is 15. The standard InChI is InChI=1S/C49H48BrN5O5/c1-3-5-27-43(56)54(34-48(30-17-18-31-48)60-47(57)58-4-2)33-35-28-29-42-41(32-35)44(50)45(59-42)39-25-15-16-26-40(39)46-51-52-53-55(46)49(36-19-9-6-10-20-36,37-21-11-7-12-22-37)38-23-13-8-14-24-38/h6-16,19-26,28-29,32H,3-5,17-18,27,30-31,33-34H2,1-2H3. The highest BCUT2D eigenvalue weighted by Gasteiger charge is 2.43. The summed E-state index contributed by atoms with van der Waals surface area (Å²) in [6.45, 7) is 4.72. The largest absolute Gasteiger partial charge is 0.508 e. The number of fused-ring (bicyclic) bond motifs is 1. The Hall–Kier alpha value is -6.07.